The van der Waals surface area contributed by atoms with Crippen LogP contribution in [0.3, 0.4) is 0 Å². The second-order valence-corrected chi connectivity index (χ2v) is 3.94. The minimum Gasteiger partial charge on any atom is -0.373 e. The molecule has 0 radical (unpaired) electrons. The third-order valence-electron chi connectivity index (χ3n) is 2.87. The molecule has 90 valence electrons. The second kappa shape index (κ2) is 4.53. The molecule has 0 spiro atoms. The molecule has 5 heteroatoms. The highest BCUT2D eigenvalue weighted by atomic mass is 15.3. The van der Waals surface area contributed by atoms with Gasteiger partial charge in [0.15, 0.2) is 5.82 Å². The quantitative estimate of drug-likeness (QED) is 0.875. The Morgan fingerprint density at radius 3 is 2.65 bits per heavy atom. The standard InChI is InChI=1S/C12H17N5/c1-5-9-6-11(13-3)16-12(15-9)10-7-14-17(4)8(10)2/h6-7H,5H2,1-4H3,(H,13,15,16). The van der Waals surface area contributed by atoms with Crippen LogP contribution in [0.4, 0.5) is 5.82 Å². The molecule has 0 bridgehead atoms. The van der Waals surface area contributed by atoms with Crippen molar-refractivity contribution in [2.45, 2.75) is 20.3 Å². The molecule has 0 fully saturated rings. The van der Waals surface area contributed by atoms with E-state index in [0.29, 0.717) is 0 Å². The van der Waals surface area contributed by atoms with Gasteiger partial charge in [0.1, 0.15) is 5.82 Å². The normalized spacial score (nSPS) is 10.6. The Labute approximate surface area is 101 Å². The Balaban J connectivity index is 2.54. The van der Waals surface area contributed by atoms with E-state index < -0.39 is 0 Å². The second-order valence-electron chi connectivity index (χ2n) is 3.94. The largest absolute Gasteiger partial charge is 0.373 e. The summed E-state index contributed by atoms with van der Waals surface area (Å²) in [7, 11) is 3.78. The lowest BCUT2D eigenvalue weighted by molar-refractivity contribution is 0.740. The molecule has 0 aliphatic rings. The van der Waals surface area contributed by atoms with Crippen LogP contribution in [0.5, 0.6) is 0 Å². The molecule has 0 saturated heterocycles. The number of hydrogen-bond donors (Lipinski definition) is 1. The van der Waals surface area contributed by atoms with Crippen LogP contribution in [-0.4, -0.2) is 26.8 Å². The maximum atomic E-state index is 4.54. The maximum Gasteiger partial charge on any atom is 0.165 e. The zero-order valence-electron chi connectivity index (χ0n) is 10.7. The van der Waals surface area contributed by atoms with E-state index in [1.807, 2.05) is 38.0 Å². The van der Waals surface area contributed by atoms with Crippen LogP contribution >= 0.6 is 0 Å². The predicted molar refractivity (Wildman–Crippen MR) is 67.9 cm³/mol. The summed E-state index contributed by atoms with van der Waals surface area (Å²) in [6.07, 6.45) is 2.70. The van der Waals surface area contributed by atoms with Crippen molar-refractivity contribution < 1.29 is 0 Å². The van der Waals surface area contributed by atoms with Gasteiger partial charge in [-0.25, -0.2) is 9.97 Å². The third kappa shape index (κ3) is 2.13. The monoisotopic (exact) mass is 231 g/mol. The third-order valence-corrected chi connectivity index (χ3v) is 2.87. The van der Waals surface area contributed by atoms with Crippen LogP contribution in [0.1, 0.15) is 18.3 Å². The maximum absolute atomic E-state index is 4.54. The Morgan fingerprint density at radius 2 is 2.12 bits per heavy atom. The molecule has 2 heterocycles. The average Bonchev–Trinajstić information content (AvgIpc) is 2.69. The molecule has 0 aliphatic carbocycles. The Bertz CT molecular complexity index is 507. The van der Waals surface area contributed by atoms with Crippen molar-refractivity contribution in [3.05, 3.63) is 23.7 Å². The van der Waals surface area contributed by atoms with Gasteiger partial charge in [-0.2, -0.15) is 5.10 Å². The minimum atomic E-state index is 0.735. The van der Waals surface area contributed by atoms with Gasteiger partial charge in [0, 0.05) is 31.5 Å². The number of nitrogens with zero attached hydrogens (tertiary/aromatic N) is 4. The fourth-order valence-electron chi connectivity index (χ4n) is 1.65. The van der Waals surface area contributed by atoms with Crippen molar-refractivity contribution in [3.8, 4) is 11.4 Å². The first-order valence-corrected chi connectivity index (χ1v) is 5.70. The molecule has 0 amide bonds. The number of hydrogen-bond acceptors (Lipinski definition) is 4. The highest BCUT2D eigenvalue weighted by Crippen LogP contribution is 2.21. The van der Waals surface area contributed by atoms with Crippen molar-refractivity contribution in [2.75, 3.05) is 12.4 Å². The molecule has 0 aromatic carbocycles. The van der Waals surface area contributed by atoms with Gasteiger partial charge in [0.05, 0.1) is 11.8 Å². The van der Waals surface area contributed by atoms with E-state index in [2.05, 4.69) is 27.3 Å². The number of rotatable bonds is 3. The molecule has 1 N–H and O–H groups in total. The van der Waals surface area contributed by atoms with E-state index in [0.717, 1.165) is 35.0 Å². The molecule has 0 saturated carbocycles. The summed E-state index contributed by atoms with van der Waals surface area (Å²) in [5.41, 5.74) is 3.09. The van der Waals surface area contributed by atoms with Crippen LogP contribution in [0.25, 0.3) is 11.4 Å². The Morgan fingerprint density at radius 1 is 1.35 bits per heavy atom. The van der Waals surface area contributed by atoms with Crippen LogP contribution in [-0.2, 0) is 13.5 Å². The Hall–Kier alpha value is -1.91. The number of aromatic nitrogens is 4. The van der Waals surface area contributed by atoms with Crippen LogP contribution in [0, 0.1) is 6.92 Å². The van der Waals surface area contributed by atoms with Crippen molar-refractivity contribution >= 4 is 5.82 Å². The minimum absolute atomic E-state index is 0.735. The summed E-state index contributed by atoms with van der Waals surface area (Å²) in [5, 5.41) is 7.28. The first-order chi connectivity index (χ1) is 8.15. The molecule has 0 aliphatic heterocycles. The number of anilines is 1. The smallest absolute Gasteiger partial charge is 0.165 e. The zero-order valence-corrected chi connectivity index (χ0v) is 10.7. The fourth-order valence-corrected chi connectivity index (χ4v) is 1.65. The number of nitrogens with one attached hydrogen (secondary N) is 1. The summed E-state index contributed by atoms with van der Waals surface area (Å²) < 4.78 is 1.83. The molecule has 17 heavy (non-hydrogen) atoms. The van der Waals surface area contributed by atoms with Crippen molar-refractivity contribution in [1.29, 1.82) is 0 Å². The average molecular weight is 231 g/mol. The number of aryl methyl sites for hydroxylation is 2. The molecular weight excluding hydrogens is 214 g/mol. The highest BCUT2D eigenvalue weighted by Gasteiger charge is 2.11. The van der Waals surface area contributed by atoms with Gasteiger partial charge in [0.2, 0.25) is 0 Å². The molecule has 2 aromatic rings. The van der Waals surface area contributed by atoms with E-state index in [1.54, 1.807) is 0 Å². The summed E-state index contributed by atoms with van der Waals surface area (Å²) in [6, 6.07) is 1.97. The summed E-state index contributed by atoms with van der Waals surface area (Å²) >= 11 is 0. The highest BCUT2D eigenvalue weighted by molar-refractivity contribution is 5.59. The SMILES string of the molecule is CCc1cc(NC)nc(-c2cnn(C)c2C)n1. The van der Waals surface area contributed by atoms with Crippen LogP contribution in [0.2, 0.25) is 0 Å². The van der Waals surface area contributed by atoms with Gasteiger partial charge < -0.3 is 5.32 Å². The molecule has 0 unspecified atom stereocenters. The molecule has 5 nitrogen and oxygen atoms in total. The van der Waals surface area contributed by atoms with Crippen molar-refractivity contribution in [2.24, 2.45) is 7.05 Å². The van der Waals surface area contributed by atoms with E-state index in [-0.39, 0.29) is 0 Å². The lowest BCUT2D eigenvalue weighted by Crippen LogP contribution is -2.01. The first-order valence-electron chi connectivity index (χ1n) is 5.70. The summed E-state index contributed by atoms with van der Waals surface area (Å²) in [6.45, 7) is 4.10. The van der Waals surface area contributed by atoms with Gasteiger partial charge in [-0.15, -0.1) is 0 Å². The lowest BCUT2D eigenvalue weighted by atomic mass is 10.2. The summed E-state index contributed by atoms with van der Waals surface area (Å²) in [5.74, 6) is 1.58. The first kappa shape index (κ1) is 11.6. The van der Waals surface area contributed by atoms with Crippen LogP contribution < -0.4 is 5.32 Å². The van der Waals surface area contributed by atoms with Gasteiger partial charge in [0.25, 0.3) is 0 Å². The zero-order chi connectivity index (χ0) is 12.4. The van der Waals surface area contributed by atoms with Gasteiger partial charge in [-0.1, -0.05) is 6.92 Å². The van der Waals surface area contributed by atoms with Gasteiger partial charge in [-0.05, 0) is 13.3 Å². The van der Waals surface area contributed by atoms with E-state index >= 15 is 0 Å². The van der Waals surface area contributed by atoms with Crippen molar-refractivity contribution in [1.82, 2.24) is 19.7 Å². The van der Waals surface area contributed by atoms with E-state index in [9.17, 15) is 0 Å². The van der Waals surface area contributed by atoms with Crippen LogP contribution in [0.15, 0.2) is 12.3 Å². The molecular formula is C12H17N5. The summed E-state index contributed by atoms with van der Waals surface area (Å²) in [4.78, 5) is 9.01. The van der Waals surface area contributed by atoms with E-state index in [4.69, 9.17) is 0 Å². The Kier molecular flexibility index (Phi) is 3.08. The fraction of sp³-hybridized carbons (Fsp3) is 0.417. The predicted octanol–water partition coefficient (Wildman–Crippen LogP) is 1.79. The lowest BCUT2D eigenvalue weighted by Gasteiger charge is -2.06. The van der Waals surface area contributed by atoms with E-state index in [1.165, 1.54) is 0 Å². The molecule has 2 rings (SSSR count). The van der Waals surface area contributed by atoms with Crippen molar-refractivity contribution in [3.63, 3.8) is 0 Å². The van der Waals surface area contributed by atoms with Gasteiger partial charge >= 0.3 is 0 Å². The van der Waals surface area contributed by atoms with Gasteiger partial charge in [-0.3, -0.25) is 4.68 Å². The molecule has 0 atom stereocenters. The topological polar surface area (TPSA) is 55.6 Å². The molecule has 2 aromatic heterocycles.